The van der Waals surface area contributed by atoms with Crippen LogP contribution < -0.4 is 10.1 Å². The molecule has 2 aliphatic heterocycles. The first-order chi connectivity index (χ1) is 9.81. The van der Waals surface area contributed by atoms with Crippen LogP contribution in [0.3, 0.4) is 0 Å². The fourth-order valence-corrected chi connectivity index (χ4v) is 2.90. The Labute approximate surface area is 119 Å². The normalized spacial score (nSPS) is 26.6. The highest BCUT2D eigenvalue weighted by molar-refractivity contribution is 5.45. The van der Waals surface area contributed by atoms with E-state index < -0.39 is 0 Å². The summed E-state index contributed by atoms with van der Waals surface area (Å²) in [6.07, 6.45) is 0.0611. The predicted octanol–water partition coefficient (Wildman–Crippen LogP) is 0.912. The van der Waals surface area contributed by atoms with Gasteiger partial charge >= 0.3 is 0 Å². The van der Waals surface area contributed by atoms with Gasteiger partial charge in [-0.15, -0.1) is 0 Å². The molecule has 2 atom stereocenters. The second-order valence-corrected chi connectivity index (χ2v) is 5.25. The van der Waals surface area contributed by atoms with Crippen LogP contribution in [0.15, 0.2) is 18.2 Å². The number of hydrogen-bond acceptors (Lipinski definition) is 5. The van der Waals surface area contributed by atoms with E-state index >= 15 is 0 Å². The third kappa shape index (κ3) is 2.50. The molecule has 1 N–H and O–H groups in total. The van der Waals surface area contributed by atoms with Crippen molar-refractivity contribution in [2.45, 2.75) is 12.1 Å². The smallest absolute Gasteiger partial charge is 0.136 e. The molecule has 0 unspecified atom stereocenters. The SMILES string of the molecule is COc1cc([C@@H]2CN3CCNC[C@H]3CO2)ccc1C#N. The van der Waals surface area contributed by atoms with Crippen molar-refractivity contribution < 1.29 is 9.47 Å². The maximum absolute atomic E-state index is 9.03. The number of benzene rings is 1. The van der Waals surface area contributed by atoms with Crippen molar-refractivity contribution in [2.24, 2.45) is 0 Å². The van der Waals surface area contributed by atoms with E-state index in [2.05, 4.69) is 16.3 Å². The Hall–Kier alpha value is -1.61. The molecule has 0 aliphatic carbocycles. The highest BCUT2D eigenvalue weighted by Gasteiger charge is 2.31. The Balaban J connectivity index is 1.78. The molecule has 0 amide bonds. The van der Waals surface area contributed by atoms with Crippen LogP contribution in [0.25, 0.3) is 0 Å². The molecule has 106 valence electrons. The van der Waals surface area contributed by atoms with E-state index in [1.54, 1.807) is 13.2 Å². The lowest BCUT2D eigenvalue weighted by molar-refractivity contribution is -0.0718. The zero-order valence-corrected chi connectivity index (χ0v) is 11.6. The van der Waals surface area contributed by atoms with Crippen LogP contribution in [-0.2, 0) is 4.74 Å². The van der Waals surface area contributed by atoms with Crippen molar-refractivity contribution in [1.29, 1.82) is 5.26 Å². The van der Waals surface area contributed by atoms with Gasteiger partial charge < -0.3 is 14.8 Å². The molecule has 0 spiro atoms. The van der Waals surface area contributed by atoms with Gasteiger partial charge in [0, 0.05) is 32.2 Å². The lowest BCUT2D eigenvalue weighted by atomic mass is 10.0. The molecule has 2 saturated heterocycles. The summed E-state index contributed by atoms with van der Waals surface area (Å²) in [5.41, 5.74) is 1.64. The maximum atomic E-state index is 9.03. The summed E-state index contributed by atoms with van der Waals surface area (Å²) >= 11 is 0. The molecule has 1 aromatic rings. The minimum atomic E-state index is 0.0611. The van der Waals surface area contributed by atoms with Crippen LogP contribution in [-0.4, -0.2) is 50.8 Å². The van der Waals surface area contributed by atoms with E-state index in [-0.39, 0.29) is 6.10 Å². The number of ether oxygens (including phenoxy) is 2. The third-order valence-corrected chi connectivity index (χ3v) is 4.08. The number of rotatable bonds is 2. The van der Waals surface area contributed by atoms with E-state index in [1.807, 2.05) is 12.1 Å². The summed E-state index contributed by atoms with van der Waals surface area (Å²) in [5, 5.41) is 12.4. The molecule has 20 heavy (non-hydrogen) atoms. The molecule has 0 bridgehead atoms. The van der Waals surface area contributed by atoms with E-state index in [4.69, 9.17) is 14.7 Å². The first-order valence-electron chi connectivity index (χ1n) is 6.96. The van der Waals surface area contributed by atoms with Gasteiger partial charge in [0.2, 0.25) is 0 Å². The highest BCUT2D eigenvalue weighted by atomic mass is 16.5. The number of piperazine rings is 1. The van der Waals surface area contributed by atoms with Crippen molar-refractivity contribution in [3.8, 4) is 11.8 Å². The van der Waals surface area contributed by atoms with Gasteiger partial charge in [-0.1, -0.05) is 6.07 Å². The Morgan fingerprint density at radius 1 is 1.50 bits per heavy atom. The second-order valence-electron chi connectivity index (χ2n) is 5.25. The molecule has 5 nitrogen and oxygen atoms in total. The van der Waals surface area contributed by atoms with Crippen LogP contribution >= 0.6 is 0 Å². The van der Waals surface area contributed by atoms with Gasteiger partial charge in [-0.25, -0.2) is 0 Å². The molecule has 2 aliphatic rings. The predicted molar refractivity (Wildman–Crippen MR) is 74.6 cm³/mol. The van der Waals surface area contributed by atoms with Crippen LogP contribution in [0, 0.1) is 11.3 Å². The number of hydrogen-bond donors (Lipinski definition) is 1. The second kappa shape index (κ2) is 5.80. The van der Waals surface area contributed by atoms with Gasteiger partial charge in [-0.05, 0) is 17.7 Å². The molecule has 1 aromatic carbocycles. The van der Waals surface area contributed by atoms with Gasteiger partial charge in [-0.2, -0.15) is 5.26 Å². The van der Waals surface area contributed by atoms with Crippen molar-refractivity contribution in [1.82, 2.24) is 10.2 Å². The fraction of sp³-hybridized carbons (Fsp3) is 0.533. The molecule has 5 heteroatoms. The maximum Gasteiger partial charge on any atom is 0.136 e. The monoisotopic (exact) mass is 273 g/mol. The van der Waals surface area contributed by atoms with Gasteiger partial charge in [0.05, 0.1) is 25.4 Å². The summed E-state index contributed by atoms with van der Waals surface area (Å²) in [4.78, 5) is 2.48. The number of nitrogens with one attached hydrogen (secondary N) is 1. The van der Waals surface area contributed by atoms with Crippen molar-refractivity contribution in [2.75, 3.05) is 39.9 Å². The van der Waals surface area contributed by atoms with E-state index in [9.17, 15) is 0 Å². The summed E-state index contributed by atoms with van der Waals surface area (Å²) < 4.78 is 11.3. The number of nitriles is 1. The van der Waals surface area contributed by atoms with Crippen LogP contribution in [0.4, 0.5) is 0 Å². The Morgan fingerprint density at radius 2 is 2.40 bits per heavy atom. The Kier molecular flexibility index (Phi) is 3.88. The number of fused-ring (bicyclic) bond motifs is 1. The molecule has 3 rings (SSSR count). The molecule has 0 radical (unpaired) electrons. The molecular formula is C15H19N3O2. The largest absolute Gasteiger partial charge is 0.495 e. The lowest BCUT2D eigenvalue weighted by Crippen LogP contribution is -2.57. The first-order valence-corrected chi connectivity index (χ1v) is 6.96. The minimum absolute atomic E-state index is 0.0611. The van der Waals surface area contributed by atoms with Gasteiger partial charge in [-0.3, -0.25) is 4.90 Å². The minimum Gasteiger partial charge on any atom is -0.495 e. The van der Waals surface area contributed by atoms with Crippen LogP contribution in [0.5, 0.6) is 5.75 Å². The van der Waals surface area contributed by atoms with Gasteiger partial charge in [0.1, 0.15) is 11.8 Å². The van der Waals surface area contributed by atoms with E-state index in [1.165, 1.54) is 0 Å². The lowest BCUT2D eigenvalue weighted by Gasteiger charge is -2.42. The number of nitrogens with zero attached hydrogens (tertiary/aromatic N) is 2. The fourth-order valence-electron chi connectivity index (χ4n) is 2.90. The van der Waals surface area contributed by atoms with Gasteiger partial charge in [0.25, 0.3) is 0 Å². The molecule has 0 saturated carbocycles. The summed E-state index contributed by atoms with van der Waals surface area (Å²) in [6.45, 7) is 4.77. The molecule has 2 fully saturated rings. The number of methoxy groups -OCH3 is 1. The molecule has 0 aromatic heterocycles. The molecular weight excluding hydrogens is 254 g/mol. The van der Waals surface area contributed by atoms with Gasteiger partial charge in [0.15, 0.2) is 0 Å². The average molecular weight is 273 g/mol. The standard InChI is InChI=1S/C15H19N3O2/c1-19-14-6-11(2-3-12(14)7-16)15-9-18-5-4-17-8-13(18)10-20-15/h2-3,6,13,15,17H,4-5,8-10H2,1H3/t13-,15-/m0/s1. The Bertz CT molecular complexity index is 526. The van der Waals surface area contributed by atoms with Crippen molar-refractivity contribution in [3.63, 3.8) is 0 Å². The van der Waals surface area contributed by atoms with Crippen LogP contribution in [0.1, 0.15) is 17.2 Å². The van der Waals surface area contributed by atoms with Crippen molar-refractivity contribution >= 4 is 0 Å². The van der Waals surface area contributed by atoms with E-state index in [0.29, 0.717) is 17.4 Å². The Morgan fingerprint density at radius 3 is 3.20 bits per heavy atom. The van der Waals surface area contributed by atoms with Crippen molar-refractivity contribution in [3.05, 3.63) is 29.3 Å². The topological polar surface area (TPSA) is 57.5 Å². The zero-order chi connectivity index (χ0) is 13.9. The zero-order valence-electron chi connectivity index (χ0n) is 11.6. The summed E-state index contributed by atoms with van der Waals surface area (Å²) in [7, 11) is 1.59. The highest BCUT2D eigenvalue weighted by Crippen LogP contribution is 2.29. The number of morpholine rings is 1. The van der Waals surface area contributed by atoms with E-state index in [0.717, 1.165) is 38.3 Å². The summed E-state index contributed by atoms with van der Waals surface area (Å²) in [6, 6.07) is 8.32. The average Bonchev–Trinajstić information content (AvgIpc) is 2.53. The first kappa shape index (κ1) is 13.4. The van der Waals surface area contributed by atoms with Crippen LogP contribution in [0.2, 0.25) is 0 Å². The molecule has 2 heterocycles. The quantitative estimate of drug-likeness (QED) is 0.868. The third-order valence-electron chi connectivity index (χ3n) is 4.08. The summed E-state index contributed by atoms with van der Waals surface area (Å²) in [5.74, 6) is 0.621.